The molecule has 0 amide bonds. The maximum Gasteiger partial charge on any atom is 0.107 e. The van der Waals surface area contributed by atoms with E-state index in [-0.39, 0.29) is 6.04 Å². The molecule has 2 rings (SSSR count). The van der Waals surface area contributed by atoms with Gasteiger partial charge < -0.3 is 10.2 Å². The van der Waals surface area contributed by atoms with Gasteiger partial charge in [-0.15, -0.1) is 0 Å². The molecule has 1 heterocycles. The van der Waals surface area contributed by atoms with Gasteiger partial charge >= 0.3 is 0 Å². The molecule has 2 N–H and O–H groups in total. The Kier molecular flexibility index (Phi) is 2.64. The molecule has 0 aliphatic heterocycles. The molecule has 1 aromatic heterocycles. The minimum Gasteiger partial charge on any atom is -0.466 e. The number of furan rings is 1. The molecule has 1 aliphatic carbocycles. The van der Waals surface area contributed by atoms with Crippen LogP contribution < -0.4 is 5.73 Å². The van der Waals surface area contributed by atoms with Gasteiger partial charge in [-0.1, -0.05) is 6.92 Å². The molecular formula is C12H19NO. The van der Waals surface area contributed by atoms with Crippen LogP contribution in [0.25, 0.3) is 0 Å². The van der Waals surface area contributed by atoms with Crippen molar-refractivity contribution in [2.45, 2.75) is 45.1 Å². The normalized spacial score (nSPS) is 27.6. The van der Waals surface area contributed by atoms with E-state index in [9.17, 15) is 0 Å². The van der Waals surface area contributed by atoms with Crippen LogP contribution in [0.1, 0.15) is 44.1 Å². The molecule has 0 radical (unpaired) electrons. The van der Waals surface area contributed by atoms with Crippen molar-refractivity contribution in [1.82, 2.24) is 0 Å². The molecule has 14 heavy (non-hydrogen) atoms. The van der Waals surface area contributed by atoms with Crippen molar-refractivity contribution in [3.63, 3.8) is 0 Å². The summed E-state index contributed by atoms with van der Waals surface area (Å²) in [5, 5.41) is 0. The summed E-state index contributed by atoms with van der Waals surface area (Å²) in [4.78, 5) is 0. The molecule has 0 spiro atoms. The largest absolute Gasteiger partial charge is 0.466 e. The highest BCUT2D eigenvalue weighted by Crippen LogP contribution is 2.47. The van der Waals surface area contributed by atoms with E-state index < -0.39 is 0 Å². The van der Waals surface area contributed by atoms with Crippen LogP contribution in [-0.4, -0.2) is 6.04 Å². The first-order valence-corrected chi connectivity index (χ1v) is 5.51. The number of nitrogens with two attached hydrogens (primary N) is 1. The molecule has 1 aliphatic rings. The first-order valence-electron chi connectivity index (χ1n) is 5.51. The third-order valence-corrected chi connectivity index (χ3v) is 3.00. The summed E-state index contributed by atoms with van der Waals surface area (Å²) in [5.41, 5.74) is 5.70. The quantitative estimate of drug-likeness (QED) is 0.798. The Morgan fingerprint density at radius 1 is 1.57 bits per heavy atom. The Labute approximate surface area is 85.5 Å². The van der Waals surface area contributed by atoms with Crippen LogP contribution in [0.3, 0.4) is 0 Å². The molecule has 0 saturated heterocycles. The van der Waals surface area contributed by atoms with Gasteiger partial charge in [0.15, 0.2) is 0 Å². The van der Waals surface area contributed by atoms with Crippen molar-refractivity contribution < 1.29 is 4.42 Å². The second kappa shape index (κ2) is 3.77. The number of hydrogen-bond donors (Lipinski definition) is 1. The minimum atomic E-state index is 0.267. The van der Waals surface area contributed by atoms with E-state index in [1.807, 2.05) is 6.92 Å². The Bertz CT molecular complexity index is 303. The zero-order valence-electron chi connectivity index (χ0n) is 8.99. The summed E-state index contributed by atoms with van der Waals surface area (Å²) in [6.07, 6.45) is 3.27. The van der Waals surface area contributed by atoms with E-state index in [2.05, 4.69) is 19.1 Å². The van der Waals surface area contributed by atoms with E-state index in [4.69, 9.17) is 10.2 Å². The summed E-state index contributed by atoms with van der Waals surface area (Å²) in [6.45, 7) is 4.31. The van der Waals surface area contributed by atoms with Gasteiger partial charge in [0.2, 0.25) is 0 Å². The fourth-order valence-corrected chi connectivity index (χ4v) is 1.82. The summed E-state index contributed by atoms with van der Waals surface area (Å²) in [6, 6.07) is 4.50. The third-order valence-electron chi connectivity index (χ3n) is 3.00. The molecule has 1 aromatic rings. The molecule has 1 saturated carbocycles. The molecule has 0 bridgehead atoms. The van der Waals surface area contributed by atoms with Gasteiger partial charge in [0, 0.05) is 18.4 Å². The number of aryl methyl sites for hydroxylation is 1. The zero-order chi connectivity index (χ0) is 10.1. The highest BCUT2D eigenvalue weighted by molar-refractivity contribution is 5.17. The lowest BCUT2D eigenvalue weighted by molar-refractivity contribution is 0.450. The van der Waals surface area contributed by atoms with E-state index in [1.54, 1.807) is 0 Å². The second-order valence-electron chi connectivity index (χ2n) is 4.64. The van der Waals surface area contributed by atoms with Crippen molar-refractivity contribution in [2.24, 2.45) is 11.7 Å². The lowest BCUT2D eigenvalue weighted by Gasteiger charge is -2.01. The van der Waals surface area contributed by atoms with Crippen molar-refractivity contribution in [3.05, 3.63) is 23.7 Å². The van der Waals surface area contributed by atoms with Crippen LogP contribution >= 0.6 is 0 Å². The minimum absolute atomic E-state index is 0.267. The predicted molar refractivity (Wildman–Crippen MR) is 57.2 cm³/mol. The van der Waals surface area contributed by atoms with Crippen LogP contribution in [0.5, 0.6) is 0 Å². The molecule has 2 nitrogen and oxygen atoms in total. The Morgan fingerprint density at radius 3 is 2.86 bits per heavy atom. The molecular weight excluding hydrogens is 174 g/mol. The van der Waals surface area contributed by atoms with Crippen molar-refractivity contribution in [2.75, 3.05) is 0 Å². The highest BCUT2D eigenvalue weighted by Gasteiger charge is 2.36. The van der Waals surface area contributed by atoms with E-state index in [0.717, 1.165) is 24.5 Å². The van der Waals surface area contributed by atoms with Gasteiger partial charge in [0.05, 0.1) is 0 Å². The van der Waals surface area contributed by atoms with Crippen molar-refractivity contribution in [1.29, 1.82) is 0 Å². The smallest absolute Gasteiger partial charge is 0.107 e. The molecule has 2 heteroatoms. The SMILES string of the molecule is CC1CC1c1ccc(CC[C@@H](C)N)o1. The fraction of sp³-hybridized carbons (Fsp3) is 0.667. The predicted octanol–water partition coefficient (Wildman–Crippen LogP) is 2.68. The summed E-state index contributed by atoms with van der Waals surface area (Å²) >= 11 is 0. The van der Waals surface area contributed by atoms with Crippen LogP contribution in [0, 0.1) is 5.92 Å². The summed E-state index contributed by atoms with van der Waals surface area (Å²) in [5.74, 6) is 3.79. The first-order chi connectivity index (χ1) is 6.66. The molecule has 2 unspecified atom stereocenters. The third kappa shape index (κ3) is 2.18. The average molecular weight is 193 g/mol. The maximum atomic E-state index is 5.77. The topological polar surface area (TPSA) is 39.2 Å². The molecule has 1 fully saturated rings. The highest BCUT2D eigenvalue weighted by atomic mass is 16.3. The lowest BCUT2D eigenvalue weighted by atomic mass is 10.2. The average Bonchev–Trinajstić information content (AvgIpc) is 2.68. The standard InChI is InChI=1S/C12H19NO/c1-8-7-11(8)12-6-5-10(14-12)4-3-9(2)13/h5-6,8-9,11H,3-4,7,13H2,1-2H3/t8?,9-,11?/m1/s1. The van der Waals surface area contributed by atoms with E-state index in [1.165, 1.54) is 12.2 Å². The van der Waals surface area contributed by atoms with E-state index >= 15 is 0 Å². The monoisotopic (exact) mass is 193 g/mol. The fourth-order valence-electron chi connectivity index (χ4n) is 1.82. The maximum absolute atomic E-state index is 5.77. The van der Waals surface area contributed by atoms with Gasteiger partial charge in [0.25, 0.3) is 0 Å². The molecule has 78 valence electrons. The van der Waals surface area contributed by atoms with Crippen molar-refractivity contribution in [3.8, 4) is 0 Å². The Hall–Kier alpha value is -0.760. The van der Waals surface area contributed by atoms with Crippen LogP contribution in [0.2, 0.25) is 0 Å². The summed E-state index contributed by atoms with van der Waals surface area (Å²) < 4.78 is 5.77. The lowest BCUT2D eigenvalue weighted by Crippen LogP contribution is -2.15. The van der Waals surface area contributed by atoms with Gasteiger partial charge in [0.1, 0.15) is 11.5 Å². The number of hydrogen-bond acceptors (Lipinski definition) is 2. The molecule has 0 aromatic carbocycles. The first kappa shape index (κ1) is 9.78. The van der Waals surface area contributed by atoms with Crippen LogP contribution in [0.15, 0.2) is 16.5 Å². The van der Waals surface area contributed by atoms with Crippen LogP contribution in [-0.2, 0) is 6.42 Å². The van der Waals surface area contributed by atoms with Crippen LogP contribution in [0.4, 0.5) is 0 Å². The molecule has 3 atom stereocenters. The second-order valence-corrected chi connectivity index (χ2v) is 4.64. The number of rotatable bonds is 4. The Morgan fingerprint density at radius 2 is 2.29 bits per heavy atom. The van der Waals surface area contributed by atoms with Crippen molar-refractivity contribution >= 4 is 0 Å². The van der Waals surface area contributed by atoms with Gasteiger partial charge in [-0.25, -0.2) is 0 Å². The Balaban J connectivity index is 1.90. The summed E-state index contributed by atoms with van der Waals surface area (Å²) in [7, 11) is 0. The zero-order valence-corrected chi connectivity index (χ0v) is 8.99. The van der Waals surface area contributed by atoms with Gasteiger partial charge in [-0.3, -0.25) is 0 Å². The van der Waals surface area contributed by atoms with Gasteiger partial charge in [-0.05, 0) is 37.8 Å². The van der Waals surface area contributed by atoms with E-state index in [0.29, 0.717) is 5.92 Å². The van der Waals surface area contributed by atoms with Gasteiger partial charge in [-0.2, -0.15) is 0 Å².